The lowest BCUT2D eigenvalue weighted by Crippen LogP contribution is -2.50. The summed E-state index contributed by atoms with van der Waals surface area (Å²) < 4.78 is 74.6. The fourth-order valence-corrected chi connectivity index (χ4v) is 5.69. The molecule has 3 amide bonds. The van der Waals surface area contributed by atoms with Crippen molar-refractivity contribution in [1.29, 1.82) is 0 Å². The number of nitrogens with zero attached hydrogens (tertiary/aromatic N) is 5. The van der Waals surface area contributed by atoms with Crippen LogP contribution in [0.15, 0.2) is 71.3 Å². The summed E-state index contributed by atoms with van der Waals surface area (Å²) in [5.74, 6) is -2.41. The van der Waals surface area contributed by atoms with Crippen LogP contribution < -0.4 is 20.4 Å². The van der Waals surface area contributed by atoms with Gasteiger partial charge >= 0.3 is 12.2 Å². The van der Waals surface area contributed by atoms with Crippen molar-refractivity contribution in [3.8, 4) is 0 Å². The summed E-state index contributed by atoms with van der Waals surface area (Å²) in [5, 5.41) is 4.96. The molecular weight excluding hydrogens is 625 g/mol. The molecule has 0 spiro atoms. The quantitative estimate of drug-likeness (QED) is 0.233. The van der Waals surface area contributed by atoms with E-state index < -0.39 is 35.4 Å². The first-order chi connectivity index (χ1) is 22.5. The second-order valence-corrected chi connectivity index (χ2v) is 11.2. The third kappa shape index (κ3) is 7.28. The van der Waals surface area contributed by atoms with Gasteiger partial charge in [-0.05, 0) is 60.7 Å². The molecule has 0 aliphatic carbocycles. The van der Waals surface area contributed by atoms with Crippen molar-refractivity contribution in [2.45, 2.75) is 24.9 Å². The minimum Gasteiger partial charge on any atom is -0.417 e. The fraction of sp³-hybridized carbons (Fsp3) is 0.312. The van der Waals surface area contributed by atoms with Crippen LogP contribution in [0.2, 0.25) is 0 Å². The molecule has 4 heterocycles. The number of urea groups is 1. The molecule has 2 aromatic heterocycles. The van der Waals surface area contributed by atoms with Crippen LogP contribution >= 0.6 is 0 Å². The first-order valence-electron chi connectivity index (χ1n) is 15.0. The number of para-hydroxylation sites is 1. The summed E-state index contributed by atoms with van der Waals surface area (Å²) in [6, 6.07) is 14.5. The molecule has 2 N–H and O–H groups in total. The number of carbonyl (C=O) groups excluding carboxylic acids is 2. The smallest absolute Gasteiger partial charge is 0.417 e. The van der Waals surface area contributed by atoms with Gasteiger partial charge in [-0.2, -0.15) is 18.2 Å². The lowest BCUT2D eigenvalue weighted by atomic mass is 9.89. The highest BCUT2D eigenvalue weighted by Crippen LogP contribution is 2.36. The van der Waals surface area contributed by atoms with Crippen LogP contribution in [0, 0.1) is 11.6 Å². The normalized spacial score (nSPS) is 15.9. The largest absolute Gasteiger partial charge is 0.437 e. The van der Waals surface area contributed by atoms with Crippen molar-refractivity contribution >= 4 is 35.1 Å². The predicted molar refractivity (Wildman–Crippen MR) is 163 cm³/mol. The molecule has 0 unspecified atom stereocenters. The number of amides is 3. The number of piperidine rings is 1. The standard InChI is InChI=1S/C32H30F5N7O3/c33-22-5-3-4-21(18-22)20-10-12-44(13-11-20)31-41-28(32(35,36)37)27(47-31)29(45)39-23-8-9-26(38-19-23)42-14-16-43(17-15-42)30(46)40-25-7-2-1-6-24(25)34/h1-9,18-20H,10-17H2,(H,39,45)(H,40,46). The molecule has 10 nitrogen and oxygen atoms in total. The lowest BCUT2D eigenvalue weighted by Gasteiger charge is -2.35. The number of carbonyl (C=O) groups is 2. The summed E-state index contributed by atoms with van der Waals surface area (Å²) in [6.45, 7) is 2.18. The van der Waals surface area contributed by atoms with Crippen molar-refractivity contribution in [3.05, 3.63) is 95.5 Å². The Balaban J connectivity index is 1.06. The van der Waals surface area contributed by atoms with Crippen LogP contribution in [0.1, 0.15) is 40.6 Å². The van der Waals surface area contributed by atoms with E-state index in [0.29, 0.717) is 57.9 Å². The van der Waals surface area contributed by atoms with Gasteiger partial charge in [-0.25, -0.2) is 18.6 Å². The average molecular weight is 656 g/mol. The number of nitrogens with one attached hydrogen (secondary N) is 2. The highest BCUT2D eigenvalue weighted by atomic mass is 19.4. The second kappa shape index (κ2) is 13.3. The van der Waals surface area contributed by atoms with Crippen LogP contribution in [0.3, 0.4) is 0 Å². The van der Waals surface area contributed by atoms with Crippen LogP contribution in [-0.4, -0.2) is 66.1 Å². The van der Waals surface area contributed by atoms with E-state index in [9.17, 15) is 31.5 Å². The van der Waals surface area contributed by atoms with Crippen LogP contribution in [0.5, 0.6) is 0 Å². The Hall–Kier alpha value is -5.21. The Bertz CT molecular complexity index is 1730. The third-order valence-corrected chi connectivity index (χ3v) is 8.19. The number of benzene rings is 2. The van der Waals surface area contributed by atoms with Gasteiger partial charge < -0.3 is 29.8 Å². The van der Waals surface area contributed by atoms with Gasteiger partial charge in [0.05, 0.1) is 17.6 Å². The van der Waals surface area contributed by atoms with Crippen molar-refractivity contribution in [2.24, 2.45) is 0 Å². The number of hydrogen-bond acceptors (Lipinski definition) is 7. The molecule has 0 radical (unpaired) electrons. The maximum absolute atomic E-state index is 13.9. The summed E-state index contributed by atoms with van der Waals surface area (Å²) in [5.41, 5.74) is -0.383. The zero-order valence-corrected chi connectivity index (χ0v) is 24.9. The molecule has 2 aliphatic rings. The van der Waals surface area contributed by atoms with E-state index >= 15 is 0 Å². The first-order valence-corrected chi connectivity index (χ1v) is 15.0. The second-order valence-electron chi connectivity index (χ2n) is 11.2. The summed E-state index contributed by atoms with van der Waals surface area (Å²) in [7, 11) is 0. The van der Waals surface area contributed by atoms with Gasteiger partial charge in [-0.15, -0.1) is 0 Å². The maximum atomic E-state index is 13.9. The zero-order chi connectivity index (χ0) is 33.1. The number of piperazine rings is 1. The molecule has 2 aliphatic heterocycles. The molecule has 47 heavy (non-hydrogen) atoms. The number of aromatic nitrogens is 2. The number of alkyl halides is 3. The van der Waals surface area contributed by atoms with Crippen molar-refractivity contribution in [3.63, 3.8) is 0 Å². The number of oxazole rings is 1. The SMILES string of the molecule is O=C(Nc1ccc(N2CCN(C(=O)Nc3ccccc3F)CC2)nc1)c1oc(N2CCC(c3cccc(F)c3)CC2)nc1C(F)(F)F. The van der Waals surface area contributed by atoms with Crippen molar-refractivity contribution < 1.29 is 36.0 Å². The molecule has 0 bridgehead atoms. The van der Waals surface area contributed by atoms with Crippen LogP contribution in [0.4, 0.5) is 50.0 Å². The molecule has 4 aromatic rings. The number of halogens is 5. The van der Waals surface area contributed by atoms with E-state index in [4.69, 9.17) is 4.42 Å². The highest BCUT2D eigenvalue weighted by Gasteiger charge is 2.42. The molecule has 2 aromatic carbocycles. The molecule has 2 saturated heterocycles. The highest BCUT2D eigenvalue weighted by molar-refractivity contribution is 6.03. The number of anilines is 4. The Morgan fingerprint density at radius 3 is 2.26 bits per heavy atom. The minimum atomic E-state index is -4.94. The number of hydrogen-bond donors (Lipinski definition) is 2. The summed E-state index contributed by atoms with van der Waals surface area (Å²) >= 11 is 0. The maximum Gasteiger partial charge on any atom is 0.437 e. The van der Waals surface area contributed by atoms with E-state index in [0.717, 1.165) is 5.56 Å². The molecule has 6 rings (SSSR count). The Morgan fingerprint density at radius 1 is 0.851 bits per heavy atom. The Kier molecular flexibility index (Phi) is 8.96. The number of rotatable bonds is 6. The topological polar surface area (TPSA) is 107 Å². The van der Waals surface area contributed by atoms with Gasteiger partial charge in [-0.3, -0.25) is 4.79 Å². The lowest BCUT2D eigenvalue weighted by molar-refractivity contribution is -0.141. The van der Waals surface area contributed by atoms with Gasteiger partial charge in [0.25, 0.3) is 11.9 Å². The third-order valence-electron chi connectivity index (χ3n) is 8.19. The van der Waals surface area contributed by atoms with Gasteiger partial charge in [0.15, 0.2) is 5.69 Å². The molecule has 0 saturated carbocycles. The molecule has 15 heteroatoms. The minimum absolute atomic E-state index is 0.0335. The van der Waals surface area contributed by atoms with Gasteiger partial charge in [0.2, 0.25) is 5.76 Å². The van der Waals surface area contributed by atoms with Gasteiger partial charge in [0.1, 0.15) is 17.5 Å². The molecule has 2 fully saturated rings. The van der Waals surface area contributed by atoms with Crippen LogP contribution in [-0.2, 0) is 6.18 Å². The molecular formula is C32H30F5N7O3. The number of pyridine rings is 1. The Morgan fingerprint density at radius 2 is 1.60 bits per heavy atom. The van der Waals surface area contributed by atoms with Crippen molar-refractivity contribution in [2.75, 3.05) is 59.7 Å². The van der Waals surface area contributed by atoms with E-state index in [-0.39, 0.29) is 29.1 Å². The fourth-order valence-electron chi connectivity index (χ4n) is 5.69. The molecule has 246 valence electrons. The zero-order valence-electron chi connectivity index (χ0n) is 24.9. The Labute approximate surface area is 266 Å². The van der Waals surface area contributed by atoms with E-state index in [1.165, 1.54) is 42.6 Å². The average Bonchev–Trinajstić information content (AvgIpc) is 3.53. The van der Waals surface area contributed by atoms with Crippen molar-refractivity contribution in [1.82, 2.24) is 14.9 Å². The summed E-state index contributed by atoms with van der Waals surface area (Å²) in [6.07, 6.45) is -2.54. The van der Waals surface area contributed by atoms with E-state index in [1.807, 2.05) is 11.0 Å². The van der Waals surface area contributed by atoms with E-state index in [1.54, 1.807) is 28.0 Å². The molecule has 0 atom stereocenters. The summed E-state index contributed by atoms with van der Waals surface area (Å²) in [4.78, 5) is 38.5. The monoisotopic (exact) mass is 655 g/mol. The van der Waals surface area contributed by atoms with Gasteiger partial charge in [0, 0.05) is 39.3 Å². The van der Waals surface area contributed by atoms with Crippen LogP contribution in [0.25, 0.3) is 0 Å². The first kappa shape index (κ1) is 31.8. The predicted octanol–water partition coefficient (Wildman–Crippen LogP) is 6.36. The van der Waals surface area contributed by atoms with E-state index in [2.05, 4.69) is 20.6 Å². The van der Waals surface area contributed by atoms with Gasteiger partial charge in [-0.1, -0.05) is 24.3 Å².